The van der Waals surface area contributed by atoms with Crippen molar-refractivity contribution in [3.05, 3.63) is 0 Å². The minimum absolute atomic E-state index is 0.0854. The maximum absolute atomic E-state index is 11.5. The fraction of sp³-hybridized carbons (Fsp3) is 0.909. The lowest BCUT2D eigenvalue weighted by atomic mass is 9.91. The second kappa shape index (κ2) is 5.77. The van der Waals surface area contributed by atoms with Crippen LogP contribution in [0.15, 0.2) is 0 Å². The van der Waals surface area contributed by atoms with Crippen LogP contribution < -0.4 is 4.72 Å². The third-order valence-corrected chi connectivity index (χ3v) is 3.61. The van der Waals surface area contributed by atoms with Crippen molar-refractivity contribution in [2.24, 2.45) is 11.3 Å². The topological polar surface area (TPSA) is 63.2 Å². The van der Waals surface area contributed by atoms with Crippen molar-refractivity contribution in [2.75, 3.05) is 12.3 Å². The van der Waals surface area contributed by atoms with Gasteiger partial charge in [-0.3, -0.25) is 4.79 Å². The van der Waals surface area contributed by atoms with Gasteiger partial charge in [0.2, 0.25) is 10.0 Å². The van der Waals surface area contributed by atoms with Crippen LogP contribution in [0.2, 0.25) is 0 Å². The van der Waals surface area contributed by atoms with Crippen molar-refractivity contribution in [1.82, 2.24) is 4.72 Å². The van der Waals surface area contributed by atoms with Crippen LogP contribution in [0.4, 0.5) is 0 Å². The molecule has 4 nitrogen and oxygen atoms in total. The van der Waals surface area contributed by atoms with Gasteiger partial charge in [-0.15, -0.1) is 0 Å². The number of hydrogen-bond donors (Lipinski definition) is 1. The SMILES string of the molecule is CC(C)CCS(=O)(=O)NCC(=O)C(C)(C)C. The zero-order valence-electron chi connectivity index (χ0n) is 10.8. The first-order valence-corrected chi connectivity index (χ1v) is 7.20. The molecule has 0 unspecified atom stereocenters. The highest BCUT2D eigenvalue weighted by Crippen LogP contribution is 2.13. The lowest BCUT2D eigenvalue weighted by molar-refractivity contribution is -0.125. The molecule has 0 aromatic carbocycles. The Bertz CT molecular complexity index is 326. The summed E-state index contributed by atoms with van der Waals surface area (Å²) in [7, 11) is -3.30. The highest BCUT2D eigenvalue weighted by atomic mass is 32.2. The molecule has 0 fully saturated rings. The lowest BCUT2D eigenvalue weighted by Crippen LogP contribution is -2.36. The molecule has 0 radical (unpaired) electrons. The van der Waals surface area contributed by atoms with E-state index in [0.717, 1.165) is 0 Å². The minimum Gasteiger partial charge on any atom is -0.298 e. The molecular weight excluding hydrogens is 226 g/mol. The van der Waals surface area contributed by atoms with Crippen molar-refractivity contribution in [1.29, 1.82) is 0 Å². The Morgan fingerprint density at radius 2 is 1.75 bits per heavy atom. The molecule has 0 atom stereocenters. The Labute approximate surface area is 98.9 Å². The smallest absolute Gasteiger partial charge is 0.212 e. The van der Waals surface area contributed by atoms with Crippen molar-refractivity contribution >= 4 is 15.8 Å². The Morgan fingerprint density at radius 3 is 2.12 bits per heavy atom. The Kier molecular flexibility index (Phi) is 5.62. The molecule has 0 amide bonds. The maximum Gasteiger partial charge on any atom is 0.212 e. The first-order chi connectivity index (χ1) is 7.04. The van der Waals surface area contributed by atoms with Gasteiger partial charge < -0.3 is 0 Å². The summed E-state index contributed by atoms with van der Waals surface area (Å²) >= 11 is 0. The van der Waals surface area contributed by atoms with Crippen LogP contribution in [-0.4, -0.2) is 26.5 Å². The molecule has 5 heteroatoms. The minimum atomic E-state index is -3.30. The zero-order valence-corrected chi connectivity index (χ0v) is 11.6. The standard InChI is InChI=1S/C11H23NO3S/c1-9(2)6-7-16(14,15)12-8-10(13)11(3,4)5/h9,12H,6-8H2,1-5H3. The molecule has 0 aromatic rings. The van der Waals surface area contributed by atoms with Gasteiger partial charge in [0.1, 0.15) is 0 Å². The van der Waals surface area contributed by atoms with E-state index in [1.807, 2.05) is 13.8 Å². The summed E-state index contributed by atoms with van der Waals surface area (Å²) in [4.78, 5) is 11.5. The van der Waals surface area contributed by atoms with Crippen molar-refractivity contribution in [3.8, 4) is 0 Å². The number of rotatable bonds is 6. The third-order valence-electron chi connectivity index (χ3n) is 2.25. The molecule has 0 spiro atoms. The van der Waals surface area contributed by atoms with E-state index in [9.17, 15) is 13.2 Å². The Balaban J connectivity index is 4.15. The maximum atomic E-state index is 11.5. The summed E-state index contributed by atoms with van der Waals surface area (Å²) < 4.78 is 25.3. The van der Waals surface area contributed by atoms with Gasteiger partial charge in [0.25, 0.3) is 0 Å². The number of nitrogens with one attached hydrogen (secondary N) is 1. The third kappa shape index (κ3) is 6.95. The normalized spacial score (nSPS) is 13.1. The van der Waals surface area contributed by atoms with Gasteiger partial charge in [-0.25, -0.2) is 13.1 Å². The predicted molar refractivity (Wildman–Crippen MR) is 65.7 cm³/mol. The Morgan fingerprint density at radius 1 is 1.25 bits per heavy atom. The van der Waals surface area contributed by atoms with Crippen LogP contribution in [0.3, 0.4) is 0 Å². The highest BCUT2D eigenvalue weighted by molar-refractivity contribution is 7.89. The number of carbonyl (C=O) groups is 1. The number of ketones is 1. The largest absolute Gasteiger partial charge is 0.298 e. The van der Waals surface area contributed by atoms with Gasteiger partial charge in [0.05, 0.1) is 12.3 Å². The van der Waals surface area contributed by atoms with Gasteiger partial charge in [-0.2, -0.15) is 0 Å². The van der Waals surface area contributed by atoms with Crippen molar-refractivity contribution in [3.63, 3.8) is 0 Å². The number of sulfonamides is 1. The molecule has 0 aliphatic carbocycles. The molecule has 96 valence electrons. The molecule has 16 heavy (non-hydrogen) atoms. The average Bonchev–Trinajstić information content (AvgIpc) is 2.10. The summed E-state index contributed by atoms with van der Waals surface area (Å²) in [6, 6.07) is 0. The molecular formula is C11H23NO3S. The molecule has 0 rings (SSSR count). The van der Waals surface area contributed by atoms with E-state index >= 15 is 0 Å². The van der Waals surface area contributed by atoms with Gasteiger partial charge in [-0.05, 0) is 12.3 Å². The molecule has 0 saturated heterocycles. The highest BCUT2D eigenvalue weighted by Gasteiger charge is 2.22. The second-order valence-corrected chi connectivity index (χ2v) is 7.42. The summed E-state index contributed by atoms with van der Waals surface area (Å²) in [6.45, 7) is 9.16. The van der Waals surface area contributed by atoms with E-state index < -0.39 is 15.4 Å². The van der Waals surface area contributed by atoms with Gasteiger partial charge in [-0.1, -0.05) is 34.6 Å². The van der Waals surface area contributed by atoms with Crippen LogP contribution in [0.5, 0.6) is 0 Å². The average molecular weight is 249 g/mol. The molecule has 0 aromatic heterocycles. The van der Waals surface area contributed by atoms with Crippen LogP contribution in [0.25, 0.3) is 0 Å². The van der Waals surface area contributed by atoms with E-state index in [-0.39, 0.29) is 18.1 Å². The van der Waals surface area contributed by atoms with E-state index in [1.54, 1.807) is 20.8 Å². The van der Waals surface area contributed by atoms with E-state index in [4.69, 9.17) is 0 Å². The molecule has 0 bridgehead atoms. The van der Waals surface area contributed by atoms with Crippen molar-refractivity contribution in [2.45, 2.75) is 41.0 Å². The van der Waals surface area contributed by atoms with Crippen LogP contribution in [0, 0.1) is 11.3 Å². The number of hydrogen-bond acceptors (Lipinski definition) is 3. The fourth-order valence-electron chi connectivity index (χ4n) is 0.904. The molecule has 0 aliphatic heterocycles. The summed E-state index contributed by atoms with van der Waals surface area (Å²) in [6.07, 6.45) is 0.610. The second-order valence-electron chi connectivity index (χ2n) is 5.50. The van der Waals surface area contributed by atoms with Crippen molar-refractivity contribution < 1.29 is 13.2 Å². The number of Topliss-reactive ketones (excluding diaryl/α,β-unsaturated/α-hetero) is 1. The Hall–Kier alpha value is -0.420. The molecule has 0 aliphatic rings. The fourth-order valence-corrected chi connectivity index (χ4v) is 2.18. The monoisotopic (exact) mass is 249 g/mol. The first kappa shape index (κ1) is 15.6. The van der Waals surface area contributed by atoms with E-state index in [2.05, 4.69) is 4.72 Å². The van der Waals surface area contributed by atoms with Crippen LogP contribution in [0.1, 0.15) is 41.0 Å². The first-order valence-electron chi connectivity index (χ1n) is 5.55. The predicted octanol–water partition coefficient (Wildman–Crippen LogP) is 1.57. The molecule has 0 heterocycles. The van der Waals surface area contributed by atoms with E-state index in [0.29, 0.717) is 12.3 Å². The quantitative estimate of drug-likeness (QED) is 0.777. The summed E-state index contributed by atoms with van der Waals surface area (Å²) in [5.74, 6) is 0.331. The van der Waals surface area contributed by atoms with Crippen LogP contribution >= 0.6 is 0 Å². The molecule has 1 N–H and O–H groups in total. The van der Waals surface area contributed by atoms with Crippen LogP contribution in [-0.2, 0) is 14.8 Å². The molecule has 0 saturated carbocycles. The van der Waals surface area contributed by atoms with Gasteiger partial charge in [0.15, 0.2) is 5.78 Å². The lowest BCUT2D eigenvalue weighted by Gasteiger charge is -2.16. The zero-order chi connectivity index (χ0) is 13.0. The van der Waals surface area contributed by atoms with Gasteiger partial charge in [0, 0.05) is 5.41 Å². The van der Waals surface area contributed by atoms with E-state index in [1.165, 1.54) is 0 Å². The van der Waals surface area contributed by atoms with Gasteiger partial charge >= 0.3 is 0 Å². The summed E-state index contributed by atoms with van der Waals surface area (Å²) in [5, 5.41) is 0. The summed E-state index contributed by atoms with van der Waals surface area (Å²) in [5.41, 5.74) is -0.499. The number of carbonyl (C=O) groups excluding carboxylic acids is 1.